The number of para-hydroxylation sites is 1. The molecule has 4 aliphatic rings. The molecule has 0 aliphatic heterocycles. The SMILES string of the molecule is Oc1c([C@H]2C[C@@H]3CC[C@@H]2C3)cccc1[C@H]1C[C@H]2CC[C@@H]1C2. The lowest BCUT2D eigenvalue weighted by molar-refractivity contribution is 0.377. The molecule has 112 valence electrons. The highest BCUT2D eigenvalue weighted by molar-refractivity contribution is 5.46. The number of aromatic hydroxyl groups is 1. The molecular weight excluding hydrogens is 256 g/mol. The monoisotopic (exact) mass is 282 g/mol. The van der Waals surface area contributed by atoms with Gasteiger partial charge in [-0.05, 0) is 85.2 Å². The van der Waals surface area contributed by atoms with Crippen LogP contribution < -0.4 is 0 Å². The number of benzene rings is 1. The third-order valence-electron chi connectivity index (χ3n) is 7.37. The average molecular weight is 282 g/mol. The van der Waals surface area contributed by atoms with Crippen LogP contribution in [0, 0.1) is 23.7 Å². The van der Waals surface area contributed by atoms with E-state index in [1.165, 1.54) is 62.5 Å². The largest absolute Gasteiger partial charge is 0.507 e. The maximum absolute atomic E-state index is 11.0. The first kappa shape index (κ1) is 12.6. The van der Waals surface area contributed by atoms with Gasteiger partial charge in [0.2, 0.25) is 0 Å². The van der Waals surface area contributed by atoms with E-state index >= 15 is 0 Å². The predicted molar refractivity (Wildman–Crippen MR) is 84.5 cm³/mol. The Bertz CT molecular complexity index is 517. The number of hydrogen-bond acceptors (Lipinski definition) is 1. The van der Waals surface area contributed by atoms with Gasteiger partial charge in [-0.1, -0.05) is 31.0 Å². The molecule has 1 aromatic rings. The first-order valence-corrected chi connectivity index (χ1v) is 9.11. The van der Waals surface area contributed by atoms with E-state index in [1.807, 2.05) is 0 Å². The van der Waals surface area contributed by atoms with Crippen LogP contribution in [0.1, 0.15) is 74.3 Å². The molecule has 4 fully saturated rings. The van der Waals surface area contributed by atoms with Crippen molar-refractivity contribution in [2.45, 2.75) is 63.2 Å². The Labute approximate surface area is 127 Å². The summed E-state index contributed by atoms with van der Waals surface area (Å²) in [5, 5.41) is 11.0. The molecule has 0 saturated heterocycles. The summed E-state index contributed by atoms with van der Waals surface area (Å²) < 4.78 is 0. The summed E-state index contributed by atoms with van der Waals surface area (Å²) in [7, 11) is 0. The maximum atomic E-state index is 11.0. The van der Waals surface area contributed by atoms with Crippen LogP contribution in [0.15, 0.2) is 18.2 Å². The van der Waals surface area contributed by atoms with Gasteiger partial charge in [-0.15, -0.1) is 0 Å². The van der Waals surface area contributed by atoms with Gasteiger partial charge < -0.3 is 5.11 Å². The van der Waals surface area contributed by atoms with Gasteiger partial charge in [0.25, 0.3) is 0 Å². The molecule has 5 rings (SSSR count). The molecule has 0 heterocycles. The maximum Gasteiger partial charge on any atom is 0.122 e. The van der Waals surface area contributed by atoms with Crippen LogP contribution in [-0.2, 0) is 0 Å². The smallest absolute Gasteiger partial charge is 0.122 e. The van der Waals surface area contributed by atoms with Crippen LogP contribution >= 0.6 is 0 Å². The molecule has 0 unspecified atom stereocenters. The number of rotatable bonds is 2. The highest BCUT2D eigenvalue weighted by atomic mass is 16.3. The van der Waals surface area contributed by atoms with Crippen LogP contribution in [-0.4, -0.2) is 5.11 Å². The van der Waals surface area contributed by atoms with Crippen molar-refractivity contribution in [2.24, 2.45) is 23.7 Å². The molecule has 0 amide bonds. The third kappa shape index (κ3) is 1.82. The van der Waals surface area contributed by atoms with Crippen LogP contribution in [0.25, 0.3) is 0 Å². The standard InChI is InChI=1S/C20H26O/c21-20-16(18-10-12-4-6-14(18)8-12)2-1-3-17(20)19-11-13-5-7-15(19)9-13/h1-3,12-15,18-19,21H,4-11H2/t12-,13+,14-,15-,18+,19+/m1/s1. The van der Waals surface area contributed by atoms with Crippen molar-refractivity contribution in [1.82, 2.24) is 0 Å². The van der Waals surface area contributed by atoms with Gasteiger partial charge in [0.05, 0.1) is 0 Å². The minimum atomic E-state index is 0.655. The van der Waals surface area contributed by atoms with Gasteiger partial charge in [0.15, 0.2) is 0 Å². The van der Waals surface area contributed by atoms with E-state index in [-0.39, 0.29) is 0 Å². The number of fused-ring (bicyclic) bond motifs is 4. The quantitative estimate of drug-likeness (QED) is 0.790. The lowest BCUT2D eigenvalue weighted by Crippen LogP contribution is -2.12. The van der Waals surface area contributed by atoms with Crippen molar-refractivity contribution in [3.8, 4) is 5.75 Å². The average Bonchev–Trinajstić information content (AvgIpc) is 3.27. The second-order valence-electron chi connectivity index (χ2n) is 8.35. The van der Waals surface area contributed by atoms with Crippen LogP contribution in [0.4, 0.5) is 0 Å². The van der Waals surface area contributed by atoms with E-state index in [0.29, 0.717) is 17.6 Å². The van der Waals surface area contributed by atoms with E-state index in [1.54, 1.807) is 0 Å². The Morgan fingerprint density at radius 2 is 1.24 bits per heavy atom. The molecule has 4 bridgehead atoms. The number of hydrogen-bond donors (Lipinski definition) is 1. The van der Waals surface area contributed by atoms with Gasteiger partial charge in [-0.2, -0.15) is 0 Å². The minimum absolute atomic E-state index is 0.655. The van der Waals surface area contributed by atoms with Crippen molar-refractivity contribution in [2.75, 3.05) is 0 Å². The fourth-order valence-corrected chi connectivity index (χ4v) is 6.43. The Morgan fingerprint density at radius 3 is 1.62 bits per heavy atom. The first-order chi connectivity index (χ1) is 10.3. The molecule has 0 radical (unpaired) electrons. The molecular formula is C20H26O. The fraction of sp³-hybridized carbons (Fsp3) is 0.700. The second-order valence-corrected chi connectivity index (χ2v) is 8.35. The zero-order chi connectivity index (χ0) is 14.0. The van der Waals surface area contributed by atoms with Crippen LogP contribution in [0.2, 0.25) is 0 Å². The molecule has 1 nitrogen and oxygen atoms in total. The Kier molecular flexibility index (Phi) is 2.69. The van der Waals surface area contributed by atoms with E-state index < -0.39 is 0 Å². The number of phenols is 1. The van der Waals surface area contributed by atoms with Gasteiger partial charge in [0, 0.05) is 0 Å². The molecule has 1 heteroatoms. The third-order valence-corrected chi connectivity index (χ3v) is 7.37. The fourth-order valence-electron chi connectivity index (χ4n) is 6.43. The molecule has 0 aromatic heterocycles. The molecule has 1 N–H and O–H groups in total. The molecule has 1 aromatic carbocycles. The Morgan fingerprint density at radius 1 is 0.714 bits per heavy atom. The summed E-state index contributed by atoms with van der Waals surface area (Å²) in [6.07, 6.45) is 11.2. The molecule has 4 saturated carbocycles. The van der Waals surface area contributed by atoms with Crippen molar-refractivity contribution in [3.05, 3.63) is 29.3 Å². The molecule has 4 aliphatic carbocycles. The summed E-state index contributed by atoms with van der Waals surface area (Å²) >= 11 is 0. The lowest BCUT2D eigenvalue weighted by Gasteiger charge is -2.27. The van der Waals surface area contributed by atoms with Crippen LogP contribution in [0.3, 0.4) is 0 Å². The number of phenolic OH excluding ortho intramolecular Hbond substituents is 1. The minimum Gasteiger partial charge on any atom is -0.507 e. The zero-order valence-electron chi connectivity index (χ0n) is 12.8. The van der Waals surface area contributed by atoms with E-state index in [2.05, 4.69) is 18.2 Å². The molecule has 21 heavy (non-hydrogen) atoms. The van der Waals surface area contributed by atoms with Crippen molar-refractivity contribution in [3.63, 3.8) is 0 Å². The van der Waals surface area contributed by atoms with E-state index in [0.717, 1.165) is 23.7 Å². The predicted octanol–water partition coefficient (Wildman–Crippen LogP) is 5.20. The van der Waals surface area contributed by atoms with Crippen molar-refractivity contribution < 1.29 is 5.11 Å². The van der Waals surface area contributed by atoms with E-state index in [4.69, 9.17) is 0 Å². The van der Waals surface area contributed by atoms with Crippen molar-refractivity contribution in [1.29, 1.82) is 0 Å². The highest BCUT2D eigenvalue weighted by Gasteiger charge is 2.44. The summed E-state index contributed by atoms with van der Waals surface area (Å²) in [6, 6.07) is 6.66. The lowest BCUT2D eigenvalue weighted by atomic mass is 9.78. The van der Waals surface area contributed by atoms with Gasteiger partial charge in [-0.25, -0.2) is 0 Å². The molecule has 0 spiro atoms. The van der Waals surface area contributed by atoms with E-state index in [9.17, 15) is 5.11 Å². The summed E-state index contributed by atoms with van der Waals surface area (Å²) in [5.41, 5.74) is 2.59. The van der Waals surface area contributed by atoms with Gasteiger partial charge in [0.1, 0.15) is 5.75 Å². The topological polar surface area (TPSA) is 20.2 Å². The first-order valence-electron chi connectivity index (χ1n) is 9.11. The second kappa shape index (κ2) is 4.51. The highest BCUT2D eigenvalue weighted by Crippen LogP contribution is 2.58. The zero-order valence-corrected chi connectivity index (χ0v) is 12.8. The van der Waals surface area contributed by atoms with Crippen LogP contribution in [0.5, 0.6) is 5.75 Å². The Hall–Kier alpha value is -0.980. The summed E-state index contributed by atoms with van der Waals surface area (Å²) in [5.74, 6) is 5.61. The summed E-state index contributed by atoms with van der Waals surface area (Å²) in [6.45, 7) is 0. The summed E-state index contributed by atoms with van der Waals surface area (Å²) in [4.78, 5) is 0. The van der Waals surface area contributed by atoms with Gasteiger partial charge in [-0.3, -0.25) is 0 Å². The van der Waals surface area contributed by atoms with Crippen molar-refractivity contribution >= 4 is 0 Å². The molecule has 6 atom stereocenters. The Balaban J connectivity index is 1.49. The normalized spacial score (nSPS) is 43.8. The van der Waals surface area contributed by atoms with Gasteiger partial charge >= 0.3 is 0 Å².